The van der Waals surface area contributed by atoms with Crippen molar-refractivity contribution in [2.24, 2.45) is 0 Å². The molecule has 0 aliphatic rings. The van der Waals surface area contributed by atoms with Gasteiger partial charge in [-0.05, 0) is 47.5 Å². The SMILES string of the molecule is Cc1ccc2c(c1)c1c3ccccc3ccc1n2-c1nc(-c2ccccc2)c2sc(-c3ccccc3)cc2n1. The molecule has 0 atom stereocenters. The van der Waals surface area contributed by atoms with Crippen molar-refractivity contribution < 1.29 is 0 Å². The smallest absolute Gasteiger partial charge is 0.235 e. The minimum Gasteiger partial charge on any atom is -0.278 e. The molecule has 0 unspecified atom stereocenters. The van der Waals surface area contributed by atoms with Crippen LogP contribution < -0.4 is 0 Å². The summed E-state index contributed by atoms with van der Waals surface area (Å²) in [5.41, 5.74) is 7.68. The maximum Gasteiger partial charge on any atom is 0.235 e. The number of hydrogen-bond donors (Lipinski definition) is 0. The molecule has 3 aromatic heterocycles. The summed E-state index contributed by atoms with van der Waals surface area (Å²) in [5.74, 6) is 0.692. The molecule has 0 fully saturated rings. The number of fused-ring (bicyclic) bond motifs is 6. The summed E-state index contributed by atoms with van der Waals surface area (Å²) in [5, 5.41) is 4.95. The van der Waals surface area contributed by atoms with Crippen LogP contribution in [0.4, 0.5) is 0 Å². The Bertz CT molecular complexity index is 2170. The van der Waals surface area contributed by atoms with Gasteiger partial charge in [0.05, 0.1) is 26.9 Å². The Kier molecular flexibility index (Phi) is 4.91. The van der Waals surface area contributed by atoms with E-state index in [4.69, 9.17) is 9.97 Å². The van der Waals surface area contributed by atoms with Gasteiger partial charge < -0.3 is 0 Å². The van der Waals surface area contributed by atoms with E-state index in [2.05, 4.69) is 127 Å². The highest BCUT2D eigenvalue weighted by Gasteiger charge is 2.20. The molecule has 8 rings (SSSR count). The van der Waals surface area contributed by atoms with Crippen molar-refractivity contribution in [2.75, 3.05) is 0 Å². The second-order valence-corrected chi connectivity index (χ2v) is 11.0. The molecule has 0 amide bonds. The van der Waals surface area contributed by atoms with Crippen molar-refractivity contribution in [3.05, 3.63) is 127 Å². The van der Waals surface area contributed by atoms with E-state index in [1.54, 1.807) is 11.3 Å². The molecule has 5 aromatic carbocycles. The number of aromatic nitrogens is 3. The molecule has 8 aromatic rings. The second-order valence-electron chi connectivity index (χ2n) is 9.97. The minimum atomic E-state index is 0.692. The van der Waals surface area contributed by atoms with Crippen molar-refractivity contribution in [3.8, 4) is 27.6 Å². The first kappa shape index (κ1) is 22.2. The number of benzene rings is 5. The molecule has 0 radical (unpaired) electrons. The monoisotopic (exact) mass is 517 g/mol. The standard InChI is InChI=1S/C35H23N3S/c1-22-16-18-29-27(20-22)32-26-15-9-8-10-23(26)17-19-30(32)38(29)35-36-28-21-31(24-11-4-2-5-12-24)39-34(28)33(37-35)25-13-6-3-7-14-25/h2-21H,1H3. The van der Waals surface area contributed by atoms with Crippen LogP contribution in [0.2, 0.25) is 0 Å². The Hall–Kier alpha value is -4.80. The molecule has 0 N–H and O–H groups in total. The molecule has 0 spiro atoms. The third-order valence-corrected chi connectivity index (χ3v) is 8.66. The van der Waals surface area contributed by atoms with Gasteiger partial charge in [-0.25, -0.2) is 9.97 Å². The molecule has 4 heteroatoms. The van der Waals surface area contributed by atoms with Gasteiger partial charge >= 0.3 is 0 Å². The van der Waals surface area contributed by atoms with Gasteiger partial charge in [-0.15, -0.1) is 11.3 Å². The number of nitrogens with zero attached hydrogens (tertiary/aromatic N) is 3. The van der Waals surface area contributed by atoms with Crippen LogP contribution in [0, 0.1) is 6.92 Å². The van der Waals surface area contributed by atoms with Crippen LogP contribution in [0.25, 0.3) is 70.4 Å². The lowest BCUT2D eigenvalue weighted by molar-refractivity contribution is 1.02. The van der Waals surface area contributed by atoms with Crippen LogP contribution in [-0.4, -0.2) is 14.5 Å². The summed E-state index contributed by atoms with van der Waals surface area (Å²) >= 11 is 1.75. The Balaban J connectivity index is 1.49. The fourth-order valence-electron chi connectivity index (χ4n) is 5.67. The number of rotatable bonds is 3. The summed E-state index contributed by atoms with van der Waals surface area (Å²) in [4.78, 5) is 11.7. The topological polar surface area (TPSA) is 30.7 Å². The number of aryl methyl sites for hydroxylation is 1. The Morgan fingerprint density at radius 3 is 2.15 bits per heavy atom. The molecule has 0 aliphatic carbocycles. The van der Waals surface area contributed by atoms with Gasteiger partial charge in [0.25, 0.3) is 0 Å². The Labute approximate surface area is 229 Å². The van der Waals surface area contributed by atoms with Gasteiger partial charge in [-0.1, -0.05) is 103 Å². The van der Waals surface area contributed by atoms with Gasteiger partial charge in [-0.3, -0.25) is 4.57 Å². The molecule has 0 aliphatic heterocycles. The third-order valence-electron chi connectivity index (χ3n) is 7.48. The molecule has 0 saturated carbocycles. The summed E-state index contributed by atoms with van der Waals surface area (Å²) in [6, 6.07) is 42.9. The van der Waals surface area contributed by atoms with Crippen molar-refractivity contribution in [1.29, 1.82) is 0 Å². The quantitative estimate of drug-likeness (QED) is 0.234. The highest BCUT2D eigenvalue weighted by molar-refractivity contribution is 7.22. The van der Waals surface area contributed by atoms with Gasteiger partial charge in [-0.2, -0.15) is 0 Å². The summed E-state index contributed by atoms with van der Waals surface area (Å²) in [7, 11) is 0. The van der Waals surface area contributed by atoms with Crippen LogP contribution in [0.15, 0.2) is 121 Å². The van der Waals surface area contributed by atoms with E-state index in [1.165, 1.54) is 37.5 Å². The molecular weight excluding hydrogens is 494 g/mol. The summed E-state index contributed by atoms with van der Waals surface area (Å²) < 4.78 is 3.34. The van der Waals surface area contributed by atoms with Crippen molar-refractivity contribution in [1.82, 2.24) is 14.5 Å². The van der Waals surface area contributed by atoms with Crippen LogP contribution >= 0.6 is 11.3 Å². The van der Waals surface area contributed by atoms with E-state index in [0.717, 1.165) is 32.5 Å². The predicted molar refractivity (Wildman–Crippen MR) is 165 cm³/mol. The van der Waals surface area contributed by atoms with Gasteiger partial charge in [0.15, 0.2) is 0 Å². The van der Waals surface area contributed by atoms with Crippen LogP contribution in [0.3, 0.4) is 0 Å². The van der Waals surface area contributed by atoms with Gasteiger partial charge in [0.1, 0.15) is 0 Å². The zero-order chi connectivity index (χ0) is 25.9. The zero-order valence-corrected chi connectivity index (χ0v) is 22.1. The number of thiophene rings is 1. The number of hydrogen-bond acceptors (Lipinski definition) is 3. The van der Waals surface area contributed by atoms with Crippen molar-refractivity contribution in [2.45, 2.75) is 6.92 Å². The summed E-state index contributed by atoms with van der Waals surface area (Å²) in [6.07, 6.45) is 0. The minimum absolute atomic E-state index is 0.692. The van der Waals surface area contributed by atoms with Crippen LogP contribution in [0.5, 0.6) is 0 Å². The first-order chi connectivity index (χ1) is 19.2. The van der Waals surface area contributed by atoms with E-state index in [9.17, 15) is 0 Å². The lowest BCUT2D eigenvalue weighted by Crippen LogP contribution is -2.02. The first-order valence-corrected chi connectivity index (χ1v) is 13.9. The van der Waals surface area contributed by atoms with Crippen LogP contribution in [-0.2, 0) is 0 Å². The first-order valence-electron chi connectivity index (χ1n) is 13.1. The fraction of sp³-hybridized carbons (Fsp3) is 0.0286. The highest BCUT2D eigenvalue weighted by Crippen LogP contribution is 2.40. The Morgan fingerprint density at radius 1 is 0.615 bits per heavy atom. The predicted octanol–water partition coefficient (Wildman–Crippen LogP) is 9.58. The molecule has 0 saturated heterocycles. The normalized spacial score (nSPS) is 11.7. The molecule has 39 heavy (non-hydrogen) atoms. The van der Waals surface area contributed by atoms with Crippen LogP contribution in [0.1, 0.15) is 5.56 Å². The lowest BCUT2D eigenvalue weighted by Gasteiger charge is -2.10. The maximum absolute atomic E-state index is 5.29. The average molecular weight is 518 g/mol. The average Bonchev–Trinajstić information content (AvgIpc) is 3.57. The lowest BCUT2D eigenvalue weighted by atomic mass is 10.0. The fourth-order valence-corrected chi connectivity index (χ4v) is 6.79. The highest BCUT2D eigenvalue weighted by atomic mass is 32.1. The van der Waals surface area contributed by atoms with Crippen molar-refractivity contribution in [3.63, 3.8) is 0 Å². The second kappa shape index (κ2) is 8.62. The van der Waals surface area contributed by atoms with E-state index < -0.39 is 0 Å². The van der Waals surface area contributed by atoms with E-state index >= 15 is 0 Å². The van der Waals surface area contributed by atoms with Crippen molar-refractivity contribution >= 4 is 54.1 Å². The molecular formula is C35H23N3S. The van der Waals surface area contributed by atoms with E-state index in [1.807, 2.05) is 6.07 Å². The molecule has 3 nitrogen and oxygen atoms in total. The largest absolute Gasteiger partial charge is 0.278 e. The third kappa shape index (κ3) is 3.49. The molecule has 0 bridgehead atoms. The van der Waals surface area contributed by atoms with E-state index in [0.29, 0.717) is 5.95 Å². The molecule has 184 valence electrons. The zero-order valence-electron chi connectivity index (χ0n) is 21.3. The van der Waals surface area contributed by atoms with Gasteiger partial charge in [0.2, 0.25) is 5.95 Å². The van der Waals surface area contributed by atoms with E-state index in [-0.39, 0.29) is 0 Å². The molecule has 3 heterocycles. The maximum atomic E-state index is 5.29. The van der Waals surface area contributed by atoms with Gasteiger partial charge in [0, 0.05) is 21.2 Å². The Morgan fingerprint density at radius 2 is 1.33 bits per heavy atom. The summed E-state index contributed by atoms with van der Waals surface area (Å²) in [6.45, 7) is 2.15.